The van der Waals surface area contributed by atoms with E-state index in [2.05, 4.69) is 4.72 Å². The monoisotopic (exact) mass is 315 g/mol. The Morgan fingerprint density at radius 1 is 1.43 bits per heavy atom. The second-order valence-corrected chi connectivity index (χ2v) is 6.68. The maximum atomic E-state index is 12.3. The number of carboxylic acids is 1. The van der Waals surface area contributed by atoms with Crippen LogP contribution in [0.2, 0.25) is 0 Å². The van der Waals surface area contributed by atoms with Crippen molar-refractivity contribution in [3.8, 4) is 0 Å². The molecular formula is C12H17N3O5S. The summed E-state index contributed by atoms with van der Waals surface area (Å²) >= 11 is 0. The summed E-state index contributed by atoms with van der Waals surface area (Å²) in [6.45, 7) is 0.237. The number of rotatable bonds is 4. The number of carboxylic acid groups (broad SMARTS) is 1. The van der Waals surface area contributed by atoms with Gasteiger partial charge in [0.25, 0.3) is 0 Å². The van der Waals surface area contributed by atoms with Gasteiger partial charge in [0.05, 0.1) is 11.6 Å². The molecule has 8 nitrogen and oxygen atoms in total. The van der Waals surface area contributed by atoms with Crippen LogP contribution in [0.25, 0.3) is 0 Å². The van der Waals surface area contributed by atoms with Crippen molar-refractivity contribution in [3.63, 3.8) is 0 Å². The van der Waals surface area contributed by atoms with E-state index in [1.807, 2.05) is 0 Å². The van der Waals surface area contributed by atoms with Crippen molar-refractivity contribution in [2.75, 3.05) is 17.8 Å². The van der Waals surface area contributed by atoms with Crippen molar-refractivity contribution < 1.29 is 18.3 Å². The normalized spacial score (nSPS) is 20.1. The molecule has 1 aliphatic rings. The Hall–Kier alpha value is -1.87. The molecule has 1 fully saturated rings. The molecule has 0 aliphatic carbocycles. The van der Waals surface area contributed by atoms with Gasteiger partial charge in [-0.05, 0) is 18.9 Å². The van der Waals surface area contributed by atoms with E-state index in [9.17, 15) is 18.0 Å². The molecule has 1 atom stereocenters. The minimum absolute atomic E-state index is 0.0452. The Labute approximate surface area is 122 Å². The molecule has 9 heteroatoms. The summed E-state index contributed by atoms with van der Waals surface area (Å²) in [5, 5.41) is 9.00. The van der Waals surface area contributed by atoms with Gasteiger partial charge in [0.2, 0.25) is 5.56 Å². The van der Waals surface area contributed by atoms with Crippen LogP contribution in [0.4, 0.5) is 5.69 Å². The van der Waals surface area contributed by atoms with Crippen LogP contribution in [0.3, 0.4) is 0 Å². The summed E-state index contributed by atoms with van der Waals surface area (Å²) in [7, 11) is -2.31. The number of aryl methyl sites for hydroxylation is 1. The van der Waals surface area contributed by atoms with Crippen LogP contribution >= 0.6 is 0 Å². The number of hydrogen-bond acceptors (Lipinski definition) is 4. The third-order valence-corrected chi connectivity index (χ3v) is 4.91. The van der Waals surface area contributed by atoms with Crippen molar-refractivity contribution >= 4 is 21.9 Å². The average Bonchev–Trinajstić information content (AvgIpc) is 2.43. The largest absolute Gasteiger partial charge is 0.481 e. The number of aliphatic carboxylic acids is 1. The van der Waals surface area contributed by atoms with Crippen molar-refractivity contribution in [3.05, 3.63) is 28.7 Å². The molecule has 0 saturated carbocycles. The minimum atomic E-state index is -3.83. The maximum Gasteiger partial charge on any atom is 0.307 e. The molecule has 1 aliphatic heterocycles. The number of hydrogen-bond donors (Lipinski definition) is 2. The Kier molecular flexibility index (Phi) is 4.33. The van der Waals surface area contributed by atoms with Gasteiger partial charge in [-0.25, -0.2) is 0 Å². The molecule has 2 heterocycles. The van der Waals surface area contributed by atoms with Gasteiger partial charge < -0.3 is 9.67 Å². The number of pyridine rings is 1. The summed E-state index contributed by atoms with van der Waals surface area (Å²) < 4.78 is 29.3. The van der Waals surface area contributed by atoms with Gasteiger partial charge in [0.15, 0.2) is 0 Å². The van der Waals surface area contributed by atoms with E-state index < -0.39 is 22.1 Å². The molecule has 1 aromatic heterocycles. The Balaban J connectivity index is 2.15. The number of nitrogens with zero attached hydrogens (tertiary/aromatic N) is 2. The number of carbonyl (C=O) groups is 1. The summed E-state index contributed by atoms with van der Waals surface area (Å²) in [5.74, 6) is -1.67. The third kappa shape index (κ3) is 3.61. The van der Waals surface area contributed by atoms with Crippen molar-refractivity contribution in [2.24, 2.45) is 13.0 Å². The van der Waals surface area contributed by atoms with Crippen LogP contribution in [-0.4, -0.2) is 41.5 Å². The lowest BCUT2D eigenvalue weighted by atomic mass is 10.0. The first kappa shape index (κ1) is 15.5. The van der Waals surface area contributed by atoms with Crippen LogP contribution in [0, 0.1) is 5.92 Å². The van der Waals surface area contributed by atoms with Crippen LogP contribution in [0.1, 0.15) is 12.8 Å². The quantitative estimate of drug-likeness (QED) is 0.802. The molecule has 0 bridgehead atoms. The van der Waals surface area contributed by atoms with Crippen LogP contribution in [0.15, 0.2) is 23.1 Å². The Morgan fingerprint density at radius 2 is 2.14 bits per heavy atom. The minimum Gasteiger partial charge on any atom is -0.481 e. The summed E-state index contributed by atoms with van der Waals surface area (Å²) in [5.41, 5.74) is 0.0106. The standard InChI is InChI=1S/C12H17N3O5S/c1-14-8-10(4-5-11(14)16)13-21(19,20)15-6-2-3-9(7-15)12(17)18/h4-5,8-9,13H,2-3,6-7H2,1H3,(H,17,18). The van der Waals surface area contributed by atoms with Crippen LogP contribution in [0.5, 0.6) is 0 Å². The van der Waals surface area contributed by atoms with Gasteiger partial charge in [-0.1, -0.05) is 0 Å². The smallest absolute Gasteiger partial charge is 0.307 e. The SMILES string of the molecule is Cn1cc(NS(=O)(=O)N2CCCC(C(=O)O)C2)ccc1=O. The molecule has 1 aromatic rings. The van der Waals surface area contributed by atoms with Gasteiger partial charge >= 0.3 is 16.2 Å². The first-order valence-corrected chi connectivity index (χ1v) is 7.91. The molecule has 0 aromatic carbocycles. The highest BCUT2D eigenvalue weighted by atomic mass is 32.2. The zero-order valence-electron chi connectivity index (χ0n) is 11.5. The first-order valence-electron chi connectivity index (χ1n) is 6.47. The highest BCUT2D eigenvalue weighted by Crippen LogP contribution is 2.20. The van der Waals surface area contributed by atoms with Gasteiger partial charge in [-0.3, -0.25) is 14.3 Å². The van der Waals surface area contributed by atoms with E-state index >= 15 is 0 Å². The van der Waals surface area contributed by atoms with Crippen molar-refractivity contribution in [1.82, 2.24) is 8.87 Å². The van der Waals surface area contributed by atoms with E-state index in [1.54, 1.807) is 0 Å². The number of anilines is 1. The molecular weight excluding hydrogens is 298 g/mol. The average molecular weight is 315 g/mol. The van der Waals surface area contributed by atoms with Gasteiger partial charge in [0.1, 0.15) is 0 Å². The molecule has 0 radical (unpaired) electrons. The van der Waals surface area contributed by atoms with Crippen molar-refractivity contribution in [2.45, 2.75) is 12.8 Å². The van der Waals surface area contributed by atoms with E-state index in [4.69, 9.17) is 5.11 Å². The predicted octanol–water partition coefficient (Wildman–Crippen LogP) is -0.161. The van der Waals surface area contributed by atoms with E-state index in [0.29, 0.717) is 12.8 Å². The number of nitrogens with one attached hydrogen (secondary N) is 1. The lowest BCUT2D eigenvalue weighted by Crippen LogP contribution is -2.44. The molecule has 0 spiro atoms. The lowest BCUT2D eigenvalue weighted by Gasteiger charge is -2.29. The zero-order chi connectivity index (χ0) is 15.6. The second kappa shape index (κ2) is 5.86. The highest BCUT2D eigenvalue weighted by Gasteiger charge is 2.32. The fourth-order valence-corrected chi connectivity index (χ4v) is 3.52. The topological polar surface area (TPSA) is 109 Å². The van der Waals surface area contributed by atoms with E-state index in [1.165, 1.54) is 29.9 Å². The molecule has 2 rings (SSSR count). The van der Waals surface area contributed by atoms with Crippen molar-refractivity contribution in [1.29, 1.82) is 0 Å². The Bertz CT molecular complexity index is 697. The highest BCUT2D eigenvalue weighted by molar-refractivity contribution is 7.90. The zero-order valence-corrected chi connectivity index (χ0v) is 12.3. The summed E-state index contributed by atoms with van der Waals surface area (Å²) in [6, 6.07) is 2.63. The second-order valence-electron chi connectivity index (χ2n) is 5.01. The van der Waals surface area contributed by atoms with Crippen LogP contribution < -0.4 is 10.3 Å². The number of aromatic nitrogens is 1. The van der Waals surface area contributed by atoms with Crippen LogP contribution in [-0.2, 0) is 22.1 Å². The first-order chi connectivity index (χ1) is 9.79. The lowest BCUT2D eigenvalue weighted by molar-refractivity contribution is -0.142. The maximum absolute atomic E-state index is 12.3. The molecule has 21 heavy (non-hydrogen) atoms. The fraction of sp³-hybridized carbons (Fsp3) is 0.500. The molecule has 0 amide bonds. The van der Waals surface area contributed by atoms with E-state index in [0.717, 1.165) is 4.31 Å². The molecule has 1 saturated heterocycles. The third-order valence-electron chi connectivity index (χ3n) is 3.41. The van der Waals surface area contributed by atoms with Gasteiger partial charge in [0, 0.05) is 32.4 Å². The van der Waals surface area contributed by atoms with E-state index in [-0.39, 0.29) is 24.3 Å². The molecule has 1 unspecified atom stereocenters. The number of piperidine rings is 1. The summed E-state index contributed by atoms with van der Waals surface area (Å²) in [4.78, 5) is 22.3. The molecule has 2 N–H and O–H groups in total. The predicted molar refractivity (Wildman–Crippen MR) is 76.2 cm³/mol. The molecule has 116 valence electrons. The van der Waals surface area contributed by atoms with Gasteiger partial charge in [-0.2, -0.15) is 12.7 Å². The van der Waals surface area contributed by atoms with Gasteiger partial charge in [-0.15, -0.1) is 0 Å². The fourth-order valence-electron chi connectivity index (χ4n) is 2.23. The Morgan fingerprint density at radius 3 is 2.76 bits per heavy atom. The summed E-state index contributed by atoms with van der Waals surface area (Å²) in [6.07, 6.45) is 2.35.